The van der Waals surface area contributed by atoms with E-state index in [1.54, 1.807) is 0 Å². The Morgan fingerprint density at radius 3 is 2.00 bits per heavy atom. The molecule has 24 heavy (non-hydrogen) atoms. The molecule has 0 heterocycles. The smallest absolute Gasteiger partial charge is 0.127 e. The van der Waals surface area contributed by atoms with Crippen LogP contribution in [-0.4, -0.2) is 13.2 Å². The third-order valence-corrected chi connectivity index (χ3v) is 3.52. The quantitative estimate of drug-likeness (QED) is 0.585. The Hall–Kier alpha value is -2.78. The molecule has 1 N–H and O–H groups in total. The van der Waals surface area contributed by atoms with E-state index in [0.717, 1.165) is 23.7 Å². The van der Waals surface area contributed by atoms with Crippen molar-refractivity contribution in [3.05, 3.63) is 90.5 Å². The number of anilines is 1. The second-order valence-corrected chi connectivity index (χ2v) is 5.40. The van der Waals surface area contributed by atoms with Crippen LogP contribution >= 0.6 is 0 Å². The minimum absolute atomic E-state index is 0.645. The van der Waals surface area contributed by atoms with Gasteiger partial charge in [0.05, 0.1) is 13.2 Å². The Labute approximate surface area is 142 Å². The van der Waals surface area contributed by atoms with E-state index in [4.69, 9.17) is 9.47 Å². The molecule has 0 amide bonds. The Bertz CT molecular complexity index is 712. The third-order valence-electron chi connectivity index (χ3n) is 3.52. The number of rotatable bonds is 8. The summed E-state index contributed by atoms with van der Waals surface area (Å²) in [5.41, 5.74) is 2.25. The zero-order chi connectivity index (χ0) is 16.5. The molecule has 0 fully saturated rings. The molecule has 0 aromatic heterocycles. The topological polar surface area (TPSA) is 30.5 Å². The van der Waals surface area contributed by atoms with Crippen molar-refractivity contribution >= 4 is 5.69 Å². The molecule has 0 saturated carbocycles. The van der Waals surface area contributed by atoms with Crippen LogP contribution in [0.15, 0.2) is 84.9 Å². The van der Waals surface area contributed by atoms with Gasteiger partial charge >= 0.3 is 0 Å². The van der Waals surface area contributed by atoms with Gasteiger partial charge in [0.1, 0.15) is 11.5 Å². The fourth-order valence-electron chi connectivity index (χ4n) is 2.30. The fraction of sp³-hybridized carbons (Fsp3) is 0.143. The van der Waals surface area contributed by atoms with Crippen molar-refractivity contribution < 1.29 is 9.47 Å². The van der Waals surface area contributed by atoms with Crippen LogP contribution in [0.25, 0.3) is 0 Å². The van der Waals surface area contributed by atoms with Gasteiger partial charge in [-0.1, -0.05) is 48.5 Å². The first-order chi connectivity index (χ1) is 11.9. The van der Waals surface area contributed by atoms with Gasteiger partial charge in [-0.2, -0.15) is 0 Å². The van der Waals surface area contributed by atoms with Gasteiger partial charge in [0.2, 0.25) is 0 Å². The highest BCUT2D eigenvalue weighted by molar-refractivity contribution is 5.47. The van der Waals surface area contributed by atoms with E-state index in [1.807, 2.05) is 72.8 Å². The summed E-state index contributed by atoms with van der Waals surface area (Å²) in [7, 11) is 0. The summed E-state index contributed by atoms with van der Waals surface area (Å²) in [6, 6.07) is 27.9. The summed E-state index contributed by atoms with van der Waals surface area (Å²) in [6.07, 6.45) is 0. The first-order valence-electron chi connectivity index (χ1n) is 8.09. The number of para-hydroxylation sites is 1. The van der Waals surface area contributed by atoms with Gasteiger partial charge in [0.25, 0.3) is 0 Å². The molecule has 0 unspecified atom stereocenters. The minimum Gasteiger partial charge on any atom is -0.457 e. The third kappa shape index (κ3) is 5.14. The molecule has 0 spiro atoms. The van der Waals surface area contributed by atoms with Crippen LogP contribution < -0.4 is 10.1 Å². The lowest BCUT2D eigenvalue weighted by atomic mass is 10.2. The molecule has 0 bridgehead atoms. The summed E-state index contributed by atoms with van der Waals surface area (Å²) in [6.45, 7) is 2.08. The minimum atomic E-state index is 0.645. The van der Waals surface area contributed by atoms with Gasteiger partial charge in [0, 0.05) is 12.2 Å². The molecule has 3 nitrogen and oxygen atoms in total. The van der Waals surface area contributed by atoms with Crippen LogP contribution in [0, 0.1) is 0 Å². The number of hydrogen-bond donors (Lipinski definition) is 1. The van der Waals surface area contributed by atoms with Crippen LogP contribution in [0.5, 0.6) is 11.5 Å². The highest BCUT2D eigenvalue weighted by atomic mass is 16.5. The van der Waals surface area contributed by atoms with Crippen molar-refractivity contribution in [2.75, 3.05) is 18.5 Å². The molecule has 0 aliphatic rings. The van der Waals surface area contributed by atoms with E-state index in [1.165, 1.54) is 5.56 Å². The fourth-order valence-corrected chi connectivity index (χ4v) is 2.30. The Morgan fingerprint density at radius 1 is 0.667 bits per heavy atom. The lowest BCUT2D eigenvalue weighted by Crippen LogP contribution is -2.09. The lowest BCUT2D eigenvalue weighted by molar-refractivity contribution is 0.130. The molecule has 3 heteroatoms. The van der Waals surface area contributed by atoms with E-state index in [2.05, 4.69) is 17.4 Å². The number of nitrogens with one attached hydrogen (secondary N) is 1. The normalized spacial score (nSPS) is 10.3. The van der Waals surface area contributed by atoms with Crippen LogP contribution in [0.1, 0.15) is 5.56 Å². The largest absolute Gasteiger partial charge is 0.457 e. The van der Waals surface area contributed by atoms with Gasteiger partial charge in [0.15, 0.2) is 0 Å². The van der Waals surface area contributed by atoms with Crippen LogP contribution in [0.2, 0.25) is 0 Å². The number of benzene rings is 3. The summed E-state index contributed by atoms with van der Waals surface area (Å²) in [4.78, 5) is 0. The SMILES string of the molecule is c1ccc(COCCNc2ccc(Oc3ccccc3)cc2)cc1. The first-order valence-corrected chi connectivity index (χ1v) is 8.09. The molecule has 122 valence electrons. The molecule has 0 radical (unpaired) electrons. The van der Waals surface area contributed by atoms with E-state index in [-0.39, 0.29) is 0 Å². The van der Waals surface area contributed by atoms with Crippen LogP contribution in [-0.2, 0) is 11.3 Å². The summed E-state index contributed by atoms with van der Waals surface area (Å²) >= 11 is 0. The maximum Gasteiger partial charge on any atom is 0.127 e. The molecule has 0 aliphatic heterocycles. The zero-order valence-electron chi connectivity index (χ0n) is 13.5. The number of hydrogen-bond acceptors (Lipinski definition) is 3. The van der Waals surface area contributed by atoms with Crippen molar-refractivity contribution in [2.45, 2.75) is 6.61 Å². The maximum atomic E-state index is 5.77. The summed E-state index contributed by atoms with van der Waals surface area (Å²) < 4.78 is 11.4. The monoisotopic (exact) mass is 319 g/mol. The maximum absolute atomic E-state index is 5.77. The zero-order valence-corrected chi connectivity index (χ0v) is 13.5. The highest BCUT2D eigenvalue weighted by Gasteiger charge is 1.98. The predicted molar refractivity (Wildman–Crippen MR) is 97.5 cm³/mol. The van der Waals surface area contributed by atoms with Crippen molar-refractivity contribution in [2.24, 2.45) is 0 Å². The van der Waals surface area contributed by atoms with Gasteiger partial charge in [-0.25, -0.2) is 0 Å². The lowest BCUT2D eigenvalue weighted by Gasteiger charge is -2.09. The van der Waals surface area contributed by atoms with Crippen molar-refractivity contribution in [1.82, 2.24) is 0 Å². The molecule has 0 saturated heterocycles. The first kappa shape index (κ1) is 16.1. The van der Waals surface area contributed by atoms with Crippen LogP contribution in [0.3, 0.4) is 0 Å². The highest BCUT2D eigenvalue weighted by Crippen LogP contribution is 2.22. The van der Waals surface area contributed by atoms with Gasteiger partial charge in [-0.05, 0) is 42.0 Å². The van der Waals surface area contributed by atoms with Crippen LogP contribution in [0.4, 0.5) is 5.69 Å². The van der Waals surface area contributed by atoms with Crippen molar-refractivity contribution in [3.63, 3.8) is 0 Å². The average Bonchev–Trinajstić information content (AvgIpc) is 2.65. The van der Waals surface area contributed by atoms with Gasteiger partial charge in [-0.3, -0.25) is 0 Å². The van der Waals surface area contributed by atoms with E-state index >= 15 is 0 Å². The Kier molecular flexibility index (Phi) is 5.87. The second-order valence-electron chi connectivity index (χ2n) is 5.40. The molecular formula is C21H21NO2. The molecule has 0 aliphatic carbocycles. The van der Waals surface area contributed by atoms with Gasteiger partial charge < -0.3 is 14.8 Å². The molecule has 3 aromatic rings. The second kappa shape index (κ2) is 8.75. The summed E-state index contributed by atoms with van der Waals surface area (Å²) in [5.74, 6) is 1.67. The van der Waals surface area contributed by atoms with Crippen molar-refractivity contribution in [3.8, 4) is 11.5 Å². The van der Waals surface area contributed by atoms with E-state index in [9.17, 15) is 0 Å². The molecular weight excluding hydrogens is 298 g/mol. The van der Waals surface area contributed by atoms with E-state index in [0.29, 0.717) is 13.2 Å². The number of ether oxygens (including phenoxy) is 2. The summed E-state index contributed by atoms with van der Waals surface area (Å²) in [5, 5.41) is 3.34. The molecule has 3 rings (SSSR count). The standard InChI is InChI=1S/C21H21NO2/c1-3-7-18(8-4-1)17-23-16-15-22-19-11-13-21(14-12-19)24-20-9-5-2-6-10-20/h1-14,22H,15-17H2. The Balaban J connectivity index is 1.38. The average molecular weight is 319 g/mol. The van der Waals surface area contributed by atoms with Gasteiger partial charge in [-0.15, -0.1) is 0 Å². The predicted octanol–water partition coefficient (Wildman–Crippen LogP) is 5.11. The van der Waals surface area contributed by atoms with Crippen molar-refractivity contribution in [1.29, 1.82) is 0 Å². The van der Waals surface area contributed by atoms with E-state index < -0.39 is 0 Å². The Morgan fingerprint density at radius 2 is 1.29 bits per heavy atom. The molecule has 0 atom stereocenters. The molecule has 3 aromatic carbocycles.